The molecule has 1 unspecified atom stereocenters. The topological polar surface area (TPSA) is 92.0 Å². The summed E-state index contributed by atoms with van der Waals surface area (Å²) in [5.41, 5.74) is 7.40. The molecule has 1 rings (SSSR count). The molecule has 8 heteroatoms. The lowest BCUT2D eigenvalue weighted by atomic mass is 10.1. The molecule has 0 aliphatic heterocycles. The van der Waals surface area contributed by atoms with E-state index in [0.29, 0.717) is 31.2 Å². The van der Waals surface area contributed by atoms with Gasteiger partial charge in [-0.25, -0.2) is 4.99 Å². The summed E-state index contributed by atoms with van der Waals surface area (Å²) in [7, 11) is 5.58. The molecule has 142 valence electrons. The highest BCUT2D eigenvalue weighted by atomic mass is 127. The fraction of sp³-hybridized carbons (Fsp3) is 0.529. The first-order valence-electron chi connectivity index (χ1n) is 7.99. The van der Waals surface area contributed by atoms with Crippen molar-refractivity contribution < 1.29 is 9.53 Å². The number of nitrogens with zero attached hydrogens (tertiary/aromatic N) is 2. The van der Waals surface area contributed by atoms with Crippen LogP contribution >= 0.6 is 24.0 Å². The van der Waals surface area contributed by atoms with Crippen LogP contribution in [0.15, 0.2) is 29.3 Å². The molecule has 0 bridgehead atoms. The lowest BCUT2D eigenvalue weighted by molar-refractivity contribution is 0.0951. The number of hydrogen-bond donors (Lipinski definition) is 3. The molecule has 0 spiro atoms. The van der Waals surface area contributed by atoms with Crippen LogP contribution in [0.4, 0.5) is 0 Å². The number of aliphatic imine (C=N–C) groups is 1. The largest absolute Gasteiger partial charge is 0.383 e. The van der Waals surface area contributed by atoms with Crippen molar-refractivity contribution in [3.63, 3.8) is 0 Å². The number of amides is 1. The number of likely N-dealkylation sites (N-methyl/N-ethyl adjacent to an activating group) is 1. The van der Waals surface area contributed by atoms with Crippen LogP contribution in [0.5, 0.6) is 0 Å². The fourth-order valence-electron chi connectivity index (χ4n) is 2.07. The van der Waals surface area contributed by atoms with Gasteiger partial charge >= 0.3 is 0 Å². The van der Waals surface area contributed by atoms with Gasteiger partial charge in [0.15, 0.2) is 5.96 Å². The molecule has 0 saturated heterocycles. The van der Waals surface area contributed by atoms with E-state index in [4.69, 9.17) is 10.5 Å². The summed E-state index contributed by atoms with van der Waals surface area (Å²) in [6, 6.07) is 7.49. The molecular formula is C17H30IN5O2. The van der Waals surface area contributed by atoms with E-state index in [1.54, 1.807) is 13.2 Å². The van der Waals surface area contributed by atoms with Crippen molar-refractivity contribution in [2.24, 2.45) is 10.7 Å². The molecule has 7 nitrogen and oxygen atoms in total. The van der Waals surface area contributed by atoms with E-state index in [1.807, 2.05) is 44.1 Å². The Hall–Kier alpha value is -1.39. The lowest BCUT2D eigenvalue weighted by Gasteiger charge is -2.13. The summed E-state index contributed by atoms with van der Waals surface area (Å²) < 4.78 is 5.04. The average Bonchev–Trinajstić information content (AvgIpc) is 2.53. The Kier molecular flexibility index (Phi) is 12.2. The molecular weight excluding hydrogens is 433 g/mol. The second kappa shape index (κ2) is 12.9. The van der Waals surface area contributed by atoms with E-state index in [2.05, 4.69) is 15.6 Å². The molecule has 1 amide bonds. The Morgan fingerprint density at radius 1 is 1.40 bits per heavy atom. The van der Waals surface area contributed by atoms with E-state index in [-0.39, 0.29) is 35.9 Å². The van der Waals surface area contributed by atoms with Crippen molar-refractivity contribution in [3.8, 4) is 0 Å². The first kappa shape index (κ1) is 23.6. The van der Waals surface area contributed by atoms with Crippen molar-refractivity contribution in [1.29, 1.82) is 0 Å². The third-order valence-corrected chi connectivity index (χ3v) is 3.28. The van der Waals surface area contributed by atoms with E-state index >= 15 is 0 Å². The molecule has 1 aromatic rings. The van der Waals surface area contributed by atoms with E-state index < -0.39 is 0 Å². The van der Waals surface area contributed by atoms with Crippen LogP contribution in [-0.2, 0) is 11.3 Å². The minimum Gasteiger partial charge on any atom is -0.383 e. The normalized spacial score (nSPS) is 12.4. The lowest BCUT2D eigenvalue weighted by Crippen LogP contribution is -2.40. The maximum atomic E-state index is 12.1. The zero-order chi connectivity index (χ0) is 17.9. The minimum absolute atomic E-state index is 0. The third-order valence-electron chi connectivity index (χ3n) is 3.28. The van der Waals surface area contributed by atoms with Crippen molar-refractivity contribution in [2.45, 2.75) is 19.5 Å². The number of rotatable bonds is 9. The van der Waals surface area contributed by atoms with Gasteiger partial charge in [0, 0.05) is 31.8 Å². The maximum absolute atomic E-state index is 12.1. The van der Waals surface area contributed by atoms with Crippen molar-refractivity contribution in [2.75, 3.05) is 40.9 Å². The van der Waals surface area contributed by atoms with E-state index in [0.717, 1.165) is 12.1 Å². The Bertz CT molecular complexity index is 552. The van der Waals surface area contributed by atoms with Crippen molar-refractivity contribution in [1.82, 2.24) is 15.5 Å². The molecule has 0 heterocycles. The Labute approximate surface area is 167 Å². The first-order valence-corrected chi connectivity index (χ1v) is 7.99. The summed E-state index contributed by atoms with van der Waals surface area (Å²) >= 11 is 0. The van der Waals surface area contributed by atoms with Crippen LogP contribution < -0.4 is 16.4 Å². The second-order valence-corrected chi connectivity index (χ2v) is 5.96. The van der Waals surface area contributed by atoms with Crippen LogP contribution in [-0.4, -0.2) is 63.7 Å². The Balaban J connectivity index is 0.00000576. The van der Waals surface area contributed by atoms with Crippen molar-refractivity contribution >= 4 is 35.8 Å². The number of hydrogen-bond acceptors (Lipinski definition) is 4. The van der Waals surface area contributed by atoms with Gasteiger partial charge in [-0.05, 0) is 38.7 Å². The average molecular weight is 463 g/mol. The Morgan fingerprint density at radius 2 is 2.12 bits per heavy atom. The number of methoxy groups -OCH3 is 1. The van der Waals surface area contributed by atoms with Gasteiger partial charge in [0.2, 0.25) is 0 Å². The molecule has 1 aromatic carbocycles. The monoisotopic (exact) mass is 463 g/mol. The maximum Gasteiger partial charge on any atom is 0.251 e. The predicted octanol–water partition coefficient (Wildman–Crippen LogP) is 1.04. The molecule has 0 saturated carbocycles. The van der Waals surface area contributed by atoms with Crippen LogP contribution in [0.3, 0.4) is 0 Å². The predicted molar refractivity (Wildman–Crippen MR) is 113 cm³/mol. The van der Waals surface area contributed by atoms with Crippen LogP contribution in [0, 0.1) is 0 Å². The summed E-state index contributed by atoms with van der Waals surface area (Å²) in [5.74, 6) is 0.280. The molecule has 0 aromatic heterocycles. The van der Waals surface area contributed by atoms with Crippen LogP contribution in [0.25, 0.3) is 0 Å². The fourth-order valence-corrected chi connectivity index (χ4v) is 2.07. The van der Waals surface area contributed by atoms with Gasteiger partial charge < -0.3 is 26.0 Å². The van der Waals surface area contributed by atoms with Crippen molar-refractivity contribution in [3.05, 3.63) is 35.4 Å². The number of halogens is 1. The van der Waals surface area contributed by atoms with Gasteiger partial charge in [-0.15, -0.1) is 24.0 Å². The smallest absolute Gasteiger partial charge is 0.251 e. The number of ether oxygens (including phenoxy) is 1. The SMILES string of the molecule is COCC(C)NC(N)=NCc1cccc(C(=O)NCCN(C)C)c1.I. The quantitative estimate of drug-likeness (QED) is 0.289. The van der Waals surface area contributed by atoms with Gasteiger partial charge in [-0.3, -0.25) is 4.79 Å². The second-order valence-electron chi connectivity index (χ2n) is 5.96. The van der Waals surface area contributed by atoms with Gasteiger partial charge in [0.1, 0.15) is 0 Å². The number of nitrogens with two attached hydrogens (primary N) is 1. The van der Waals surface area contributed by atoms with Gasteiger partial charge in [-0.1, -0.05) is 12.1 Å². The molecule has 0 radical (unpaired) electrons. The number of nitrogens with one attached hydrogen (secondary N) is 2. The van der Waals surface area contributed by atoms with Crippen LogP contribution in [0.2, 0.25) is 0 Å². The summed E-state index contributed by atoms with van der Waals surface area (Å²) in [5, 5.41) is 5.94. The zero-order valence-corrected chi connectivity index (χ0v) is 17.7. The number of benzene rings is 1. The highest BCUT2D eigenvalue weighted by molar-refractivity contribution is 14.0. The standard InChI is InChI=1S/C17H29N5O2.HI/c1-13(12-24-4)21-17(18)20-11-14-6-5-7-15(10-14)16(23)19-8-9-22(2)3;/h5-7,10,13H,8-9,11-12H2,1-4H3,(H,19,23)(H3,18,20,21);1H. The molecule has 0 fully saturated rings. The third kappa shape index (κ3) is 10.3. The molecule has 0 aliphatic rings. The van der Waals surface area contributed by atoms with E-state index in [1.165, 1.54) is 0 Å². The van der Waals surface area contributed by atoms with Gasteiger partial charge in [0.05, 0.1) is 13.2 Å². The van der Waals surface area contributed by atoms with Gasteiger partial charge in [0.25, 0.3) is 5.91 Å². The summed E-state index contributed by atoms with van der Waals surface area (Å²) in [6.45, 7) is 4.35. The molecule has 4 N–H and O–H groups in total. The number of carbonyl (C=O) groups excluding carboxylic acids is 1. The zero-order valence-electron chi connectivity index (χ0n) is 15.4. The first-order chi connectivity index (χ1) is 11.4. The molecule has 0 aliphatic carbocycles. The highest BCUT2D eigenvalue weighted by Crippen LogP contribution is 2.06. The number of carbonyl (C=O) groups is 1. The minimum atomic E-state index is -0.0810. The summed E-state index contributed by atoms with van der Waals surface area (Å²) in [6.07, 6.45) is 0. The molecule has 25 heavy (non-hydrogen) atoms. The summed E-state index contributed by atoms with van der Waals surface area (Å²) in [4.78, 5) is 18.4. The highest BCUT2D eigenvalue weighted by Gasteiger charge is 2.06. The van der Waals surface area contributed by atoms with E-state index in [9.17, 15) is 4.79 Å². The van der Waals surface area contributed by atoms with Crippen LogP contribution in [0.1, 0.15) is 22.8 Å². The Morgan fingerprint density at radius 3 is 2.76 bits per heavy atom. The van der Waals surface area contributed by atoms with Gasteiger partial charge in [-0.2, -0.15) is 0 Å². The molecule has 1 atom stereocenters. The number of guanidine groups is 1.